The first-order valence-corrected chi connectivity index (χ1v) is 10.5. The molecule has 1 amide bonds. The van der Waals surface area contributed by atoms with Crippen LogP contribution in [0.4, 0.5) is 5.00 Å². The predicted octanol–water partition coefficient (Wildman–Crippen LogP) is 3.40. The molecule has 0 spiro atoms. The predicted molar refractivity (Wildman–Crippen MR) is 117 cm³/mol. The van der Waals surface area contributed by atoms with E-state index in [-0.39, 0.29) is 17.3 Å². The standard InChI is InChI=1S/C20H21N3O4S2/c1-2-27-20(26)16-13-8-4-6-10-15(13)29-19(16)22-17(25)18(28)23-21-11-12-7-3-5-9-14(12)24/h3,5,7,9,11,24H,2,4,6,8,10H2,1H3,(H,22,25)(H,23,28). The molecule has 1 aliphatic carbocycles. The first kappa shape index (κ1) is 20.9. The number of carbonyl (C=O) groups excluding carboxylic acids is 2. The molecule has 0 aliphatic heterocycles. The number of nitrogens with zero attached hydrogens (tertiary/aromatic N) is 1. The fourth-order valence-electron chi connectivity index (χ4n) is 3.04. The topological polar surface area (TPSA) is 100 Å². The smallest absolute Gasteiger partial charge is 0.341 e. The summed E-state index contributed by atoms with van der Waals surface area (Å²) >= 11 is 6.47. The average molecular weight is 432 g/mol. The van der Waals surface area contributed by atoms with Crippen molar-refractivity contribution in [3.05, 3.63) is 45.8 Å². The van der Waals surface area contributed by atoms with Gasteiger partial charge < -0.3 is 15.2 Å². The summed E-state index contributed by atoms with van der Waals surface area (Å²) in [4.78, 5) is 25.9. The maximum absolute atomic E-state index is 12.5. The molecule has 3 rings (SSSR count). The second-order valence-corrected chi connectivity index (χ2v) is 7.86. The molecule has 0 fully saturated rings. The number of hydrogen-bond acceptors (Lipinski definition) is 7. The summed E-state index contributed by atoms with van der Waals surface area (Å²) in [7, 11) is 0. The van der Waals surface area contributed by atoms with Gasteiger partial charge in [-0.25, -0.2) is 4.79 Å². The first-order chi connectivity index (χ1) is 14.0. The summed E-state index contributed by atoms with van der Waals surface area (Å²) in [5.74, 6) is -0.936. The highest BCUT2D eigenvalue weighted by Crippen LogP contribution is 2.38. The SMILES string of the molecule is CCOC(=O)c1c(NC(=O)C(=S)NN=Cc2ccccc2O)sc2c1CCCC2. The first-order valence-electron chi connectivity index (χ1n) is 9.25. The number of aromatic hydroxyl groups is 1. The van der Waals surface area contributed by atoms with Gasteiger partial charge in [-0.05, 0) is 50.3 Å². The van der Waals surface area contributed by atoms with Crippen LogP contribution >= 0.6 is 23.6 Å². The number of hydrazone groups is 1. The van der Waals surface area contributed by atoms with E-state index in [0.717, 1.165) is 36.1 Å². The minimum absolute atomic E-state index is 0.0664. The zero-order valence-corrected chi connectivity index (χ0v) is 17.5. The third-order valence-corrected chi connectivity index (χ3v) is 5.87. The lowest BCUT2D eigenvalue weighted by Crippen LogP contribution is -2.31. The Balaban J connectivity index is 1.71. The number of carbonyl (C=O) groups is 2. The number of para-hydroxylation sites is 1. The molecule has 0 saturated heterocycles. The number of benzene rings is 1. The van der Waals surface area contributed by atoms with Crippen LogP contribution in [0.1, 0.15) is 46.1 Å². The van der Waals surface area contributed by atoms with Gasteiger partial charge in [-0.1, -0.05) is 24.4 Å². The number of fused-ring (bicyclic) bond motifs is 1. The maximum atomic E-state index is 12.5. The zero-order chi connectivity index (χ0) is 20.8. The highest BCUT2D eigenvalue weighted by Gasteiger charge is 2.27. The van der Waals surface area contributed by atoms with Gasteiger partial charge in [0.25, 0.3) is 5.91 Å². The summed E-state index contributed by atoms with van der Waals surface area (Å²) in [6.07, 6.45) is 5.11. The Morgan fingerprint density at radius 1 is 1.31 bits per heavy atom. The molecule has 29 heavy (non-hydrogen) atoms. The Hall–Kier alpha value is -2.78. The van der Waals surface area contributed by atoms with E-state index >= 15 is 0 Å². The summed E-state index contributed by atoms with van der Waals surface area (Å²) in [6.45, 7) is 2.01. The van der Waals surface area contributed by atoms with E-state index in [2.05, 4.69) is 15.8 Å². The number of esters is 1. The van der Waals surface area contributed by atoms with Gasteiger partial charge in [0.15, 0.2) is 4.99 Å². The molecule has 0 unspecified atom stereocenters. The van der Waals surface area contributed by atoms with Crippen molar-refractivity contribution >= 4 is 51.6 Å². The van der Waals surface area contributed by atoms with E-state index in [1.54, 1.807) is 25.1 Å². The molecule has 0 saturated carbocycles. The number of thiocarbonyl (C=S) groups is 1. The number of rotatable bonds is 5. The molecule has 1 heterocycles. The Labute approximate surface area is 177 Å². The molecule has 1 aliphatic rings. The number of anilines is 1. The van der Waals surface area contributed by atoms with Crippen molar-refractivity contribution in [1.29, 1.82) is 0 Å². The van der Waals surface area contributed by atoms with E-state index < -0.39 is 11.9 Å². The van der Waals surface area contributed by atoms with Gasteiger partial charge in [-0.15, -0.1) is 11.3 Å². The summed E-state index contributed by atoms with van der Waals surface area (Å²) in [5, 5.41) is 16.8. The number of thiophene rings is 1. The van der Waals surface area contributed by atoms with Gasteiger partial charge in [0, 0.05) is 10.4 Å². The van der Waals surface area contributed by atoms with Crippen molar-refractivity contribution < 1.29 is 19.4 Å². The minimum atomic E-state index is -0.571. The highest BCUT2D eigenvalue weighted by atomic mass is 32.1. The van der Waals surface area contributed by atoms with Gasteiger partial charge in [0.2, 0.25) is 0 Å². The molecular formula is C20H21N3O4S2. The van der Waals surface area contributed by atoms with Crippen LogP contribution in [-0.2, 0) is 22.4 Å². The van der Waals surface area contributed by atoms with Crippen LogP contribution < -0.4 is 10.7 Å². The Morgan fingerprint density at radius 3 is 2.83 bits per heavy atom. The fourth-order valence-corrected chi connectivity index (χ4v) is 4.42. The van der Waals surface area contributed by atoms with Crippen LogP contribution in [0.15, 0.2) is 29.4 Å². The molecule has 1 aromatic heterocycles. The number of phenols is 1. The van der Waals surface area contributed by atoms with Crippen LogP contribution in [0.5, 0.6) is 5.75 Å². The van der Waals surface area contributed by atoms with Crippen molar-refractivity contribution in [2.75, 3.05) is 11.9 Å². The quantitative estimate of drug-likeness (QED) is 0.290. The van der Waals surface area contributed by atoms with E-state index in [1.807, 2.05) is 0 Å². The largest absolute Gasteiger partial charge is 0.507 e. The molecule has 0 radical (unpaired) electrons. The molecule has 2 aromatic rings. The number of hydrogen-bond donors (Lipinski definition) is 3. The van der Waals surface area contributed by atoms with Gasteiger partial charge in [0.05, 0.1) is 18.4 Å². The van der Waals surface area contributed by atoms with Crippen LogP contribution in [0.2, 0.25) is 0 Å². The Kier molecular flexibility index (Phi) is 6.95. The number of ether oxygens (including phenoxy) is 1. The van der Waals surface area contributed by atoms with Crippen LogP contribution in [0.3, 0.4) is 0 Å². The summed E-state index contributed by atoms with van der Waals surface area (Å²) < 4.78 is 5.18. The highest BCUT2D eigenvalue weighted by molar-refractivity contribution is 7.82. The lowest BCUT2D eigenvalue weighted by molar-refractivity contribution is -0.110. The third kappa shape index (κ3) is 4.99. The third-order valence-electron chi connectivity index (χ3n) is 4.39. The normalized spacial score (nSPS) is 13.0. The minimum Gasteiger partial charge on any atom is -0.507 e. The Bertz CT molecular complexity index is 969. The number of amides is 1. The van der Waals surface area contributed by atoms with Crippen molar-refractivity contribution in [3.63, 3.8) is 0 Å². The van der Waals surface area contributed by atoms with Crippen LogP contribution in [0, 0.1) is 0 Å². The zero-order valence-electron chi connectivity index (χ0n) is 15.9. The molecule has 0 atom stereocenters. The molecule has 152 valence electrons. The van der Waals surface area contributed by atoms with Gasteiger partial charge in [0.1, 0.15) is 10.8 Å². The van der Waals surface area contributed by atoms with Crippen LogP contribution in [0.25, 0.3) is 0 Å². The Morgan fingerprint density at radius 2 is 2.07 bits per heavy atom. The molecule has 9 heteroatoms. The van der Waals surface area contributed by atoms with E-state index in [4.69, 9.17) is 17.0 Å². The second-order valence-electron chi connectivity index (χ2n) is 6.35. The van der Waals surface area contributed by atoms with Gasteiger partial charge in [-0.3, -0.25) is 10.2 Å². The second kappa shape index (κ2) is 9.62. The number of phenolic OH excluding ortho intramolecular Hbond substituents is 1. The summed E-state index contributed by atoms with van der Waals surface area (Å²) in [5.41, 5.74) is 4.36. The van der Waals surface area contributed by atoms with Crippen molar-refractivity contribution in [2.24, 2.45) is 5.10 Å². The van der Waals surface area contributed by atoms with Gasteiger partial charge in [-0.2, -0.15) is 5.10 Å². The lowest BCUT2D eigenvalue weighted by atomic mass is 9.95. The molecule has 0 bridgehead atoms. The van der Waals surface area contributed by atoms with Crippen molar-refractivity contribution in [2.45, 2.75) is 32.6 Å². The maximum Gasteiger partial charge on any atom is 0.341 e. The molecular weight excluding hydrogens is 410 g/mol. The molecule has 3 N–H and O–H groups in total. The van der Waals surface area contributed by atoms with Crippen molar-refractivity contribution in [3.8, 4) is 5.75 Å². The monoisotopic (exact) mass is 431 g/mol. The number of nitrogens with one attached hydrogen (secondary N) is 2. The van der Waals surface area contributed by atoms with E-state index in [1.165, 1.54) is 23.6 Å². The van der Waals surface area contributed by atoms with E-state index in [0.29, 0.717) is 16.1 Å². The average Bonchev–Trinajstić information content (AvgIpc) is 3.07. The van der Waals surface area contributed by atoms with E-state index in [9.17, 15) is 14.7 Å². The lowest BCUT2D eigenvalue weighted by Gasteiger charge is -2.12. The molecule has 1 aromatic carbocycles. The summed E-state index contributed by atoms with van der Waals surface area (Å²) in [6, 6.07) is 6.65. The molecule has 7 nitrogen and oxygen atoms in total. The van der Waals surface area contributed by atoms with Crippen LogP contribution in [-0.4, -0.2) is 34.8 Å². The fraction of sp³-hybridized carbons (Fsp3) is 0.300. The van der Waals surface area contributed by atoms with Gasteiger partial charge >= 0.3 is 5.97 Å². The van der Waals surface area contributed by atoms with Crippen molar-refractivity contribution in [1.82, 2.24) is 5.43 Å². The number of aryl methyl sites for hydroxylation is 1.